The Bertz CT molecular complexity index is 751. The number of rotatable bonds is 30. The van der Waals surface area contributed by atoms with Crippen molar-refractivity contribution in [2.24, 2.45) is 39.9 Å². The van der Waals surface area contributed by atoms with Crippen LogP contribution in [-0.4, -0.2) is 29.8 Å². The van der Waals surface area contributed by atoms with Crippen molar-refractivity contribution in [3.63, 3.8) is 0 Å². The zero-order valence-electron chi connectivity index (χ0n) is 46.6. The predicted octanol–water partition coefficient (Wildman–Crippen LogP) is 23.5. The molecule has 0 saturated carbocycles. The zero-order chi connectivity index (χ0) is 47.2. The first-order chi connectivity index (χ1) is 27.6. The van der Waals surface area contributed by atoms with Gasteiger partial charge in [0.2, 0.25) is 0 Å². The van der Waals surface area contributed by atoms with Crippen LogP contribution in [0.4, 0.5) is 0 Å². The maximum Gasteiger partial charge on any atom is 0.173 e. The lowest BCUT2D eigenvalue weighted by atomic mass is 9.78. The topological polar surface area (TPSA) is 18.5 Å². The van der Waals surface area contributed by atoms with Gasteiger partial charge >= 0.3 is 0 Å². The Hall–Kier alpha value is 0.354. The fourth-order valence-corrected chi connectivity index (χ4v) is 19.6. The summed E-state index contributed by atoms with van der Waals surface area (Å²) >= 11 is 0. The molecule has 0 bridgehead atoms. The molecule has 0 rings (SSSR count). The van der Waals surface area contributed by atoms with Crippen LogP contribution in [-0.2, 0) is 8.85 Å². The van der Waals surface area contributed by atoms with Gasteiger partial charge in [0.15, 0.2) is 16.6 Å². The third-order valence-corrected chi connectivity index (χ3v) is 22.9. The van der Waals surface area contributed by atoms with E-state index in [-0.39, 0.29) is 29.7 Å². The lowest BCUT2D eigenvalue weighted by Gasteiger charge is -2.37. The summed E-state index contributed by atoms with van der Waals surface area (Å²) in [6.45, 7) is 57.6. The second kappa shape index (κ2) is 50.2. The minimum atomic E-state index is -1.47. The van der Waals surface area contributed by atoms with Crippen molar-refractivity contribution < 1.29 is 8.85 Å². The van der Waals surface area contributed by atoms with Crippen LogP contribution in [0.2, 0.25) is 38.3 Å². The van der Waals surface area contributed by atoms with Gasteiger partial charge in [-0.2, -0.15) is 0 Å². The summed E-state index contributed by atoms with van der Waals surface area (Å²) in [7, 11) is -2.95. The Morgan fingerprint density at radius 2 is 0.698 bits per heavy atom. The van der Waals surface area contributed by atoms with Crippen molar-refractivity contribution in [1.82, 2.24) is 0 Å². The third kappa shape index (κ3) is 45.9. The van der Waals surface area contributed by atoms with E-state index in [2.05, 4.69) is 165 Å². The molecular weight excluding hydrogens is 797 g/mol. The highest BCUT2D eigenvalue weighted by atomic mass is 28.4. The van der Waals surface area contributed by atoms with Crippen LogP contribution in [0.5, 0.6) is 0 Å². The van der Waals surface area contributed by atoms with Crippen LogP contribution in [0.1, 0.15) is 297 Å². The summed E-state index contributed by atoms with van der Waals surface area (Å²) < 4.78 is 12.4. The number of hydrogen-bond acceptors (Lipinski definition) is 2. The SMILES string of the molecule is C.C.C.C.CCC(C)(CC)CC.CCC(CC)(CC)CC.CCC(CC)C[Si](C)(C)O[Si](C)(C)CC(CC)CC.CCCC(C)CC(C)CCC.CCCOCC(CC)(CC)CC. The van der Waals surface area contributed by atoms with E-state index < -0.39 is 16.6 Å². The highest BCUT2D eigenvalue weighted by molar-refractivity contribution is 6.84. The fourth-order valence-electron chi connectivity index (χ4n) is 9.02. The smallest absolute Gasteiger partial charge is 0.173 e. The molecule has 2 atom stereocenters. The van der Waals surface area contributed by atoms with Crippen molar-refractivity contribution in [2.75, 3.05) is 13.2 Å². The van der Waals surface area contributed by atoms with Crippen molar-refractivity contribution >= 4 is 16.6 Å². The number of ether oxygens (including phenoxy) is 1. The molecule has 4 heteroatoms. The van der Waals surface area contributed by atoms with Crippen LogP contribution >= 0.6 is 0 Å². The van der Waals surface area contributed by atoms with Gasteiger partial charge in [-0.25, -0.2) is 0 Å². The average molecular weight is 938 g/mol. The fraction of sp³-hybridized carbons (Fsp3) is 1.00. The highest BCUT2D eigenvalue weighted by Gasteiger charge is 2.35. The first-order valence-electron chi connectivity index (χ1n) is 26.8. The third-order valence-electron chi connectivity index (χ3n) is 15.4. The molecule has 0 spiro atoms. The van der Waals surface area contributed by atoms with Crippen molar-refractivity contribution in [3.8, 4) is 0 Å². The maximum absolute atomic E-state index is 6.77. The Kier molecular flexibility index (Phi) is 66.5. The molecule has 63 heavy (non-hydrogen) atoms. The van der Waals surface area contributed by atoms with Gasteiger partial charge in [-0.05, 0) is 110 Å². The number of hydrogen-bond donors (Lipinski definition) is 0. The van der Waals surface area contributed by atoms with E-state index in [1.807, 2.05) is 0 Å². The van der Waals surface area contributed by atoms with E-state index in [0.717, 1.165) is 43.3 Å². The molecular formula is C59H140O2Si2. The molecule has 0 aliphatic heterocycles. The predicted molar refractivity (Wildman–Crippen MR) is 310 cm³/mol. The summed E-state index contributed by atoms with van der Waals surface area (Å²) in [5.41, 5.74) is 1.75. The first kappa shape index (κ1) is 83.4. The lowest BCUT2D eigenvalue weighted by Crippen LogP contribution is -2.46. The van der Waals surface area contributed by atoms with Gasteiger partial charge in [0.1, 0.15) is 0 Å². The molecule has 0 aromatic heterocycles. The van der Waals surface area contributed by atoms with E-state index in [1.165, 1.54) is 134 Å². The second-order valence-corrected chi connectivity index (χ2v) is 29.5. The van der Waals surface area contributed by atoms with Gasteiger partial charge in [-0.1, -0.05) is 264 Å². The molecule has 0 saturated heterocycles. The van der Waals surface area contributed by atoms with Gasteiger partial charge < -0.3 is 8.85 Å². The molecule has 2 unspecified atom stereocenters. The monoisotopic (exact) mass is 937 g/mol. The van der Waals surface area contributed by atoms with E-state index in [1.54, 1.807) is 0 Å². The molecule has 0 radical (unpaired) electrons. The van der Waals surface area contributed by atoms with E-state index in [0.29, 0.717) is 16.2 Å². The molecule has 0 amide bonds. The highest BCUT2D eigenvalue weighted by Crippen LogP contribution is 2.34. The molecule has 396 valence electrons. The Labute approximate surface area is 411 Å². The molecule has 0 aliphatic carbocycles. The zero-order valence-corrected chi connectivity index (χ0v) is 48.6. The minimum absolute atomic E-state index is 0. The lowest BCUT2D eigenvalue weighted by molar-refractivity contribution is 0.0356. The molecule has 0 fully saturated rings. The molecule has 0 aromatic carbocycles. The van der Waals surface area contributed by atoms with E-state index in [4.69, 9.17) is 8.85 Å². The van der Waals surface area contributed by atoms with E-state index >= 15 is 0 Å². The standard InChI is InChI=1S/C16H38OSi2.C11H24O.C11H24.C9H20.C8H18.4CH4/c1-9-15(10-2)13-18(5,6)17-19(7,8)14-16(11-3)12-4;1-5-9-12-10-11(6-2,7-3)8-4;1-5-7-10(3)9-11(4)8-6-2;1-5-9(6-2,7-3)8-4;1-5-8(4,6-2)7-3;;;;/h15-16H,9-14H2,1-8H3;5-10H2,1-4H3;10-11H,5-9H2,1-4H3;5-8H2,1-4H3;5-7H2,1-4H3;4*1H4. The Morgan fingerprint density at radius 1 is 0.413 bits per heavy atom. The van der Waals surface area contributed by atoms with Crippen LogP contribution in [0.25, 0.3) is 0 Å². The van der Waals surface area contributed by atoms with Crippen molar-refractivity contribution in [1.29, 1.82) is 0 Å². The Morgan fingerprint density at radius 3 is 0.873 bits per heavy atom. The van der Waals surface area contributed by atoms with Crippen LogP contribution < -0.4 is 0 Å². The van der Waals surface area contributed by atoms with Gasteiger partial charge in [0, 0.05) is 6.61 Å². The summed E-state index contributed by atoms with van der Waals surface area (Å²) in [6, 6.07) is 2.69. The van der Waals surface area contributed by atoms with Crippen molar-refractivity contribution in [3.05, 3.63) is 0 Å². The molecule has 0 N–H and O–H groups in total. The summed E-state index contributed by atoms with van der Waals surface area (Å²) in [6.07, 6.45) is 26.4. The molecule has 0 aliphatic rings. The van der Waals surface area contributed by atoms with Gasteiger partial charge in [0.05, 0.1) is 6.61 Å². The van der Waals surface area contributed by atoms with Crippen molar-refractivity contribution in [2.45, 2.75) is 335 Å². The van der Waals surface area contributed by atoms with E-state index in [9.17, 15) is 0 Å². The van der Waals surface area contributed by atoms with Crippen LogP contribution in [0.15, 0.2) is 0 Å². The largest absolute Gasteiger partial charge is 0.455 e. The first-order valence-corrected chi connectivity index (χ1v) is 33.1. The Balaban J connectivity index is -0.0000000843. The molecule has 2 nitrogen and oxygen atoms in total. The summed E-state index contributed by atoms with van der Waals surface area (Å²) in [4.78, 5) is 0. The second-order valence-electron chi connectivity index (χ2n) is 20.8. The summed E-state index contributed by atoms with van der Waals surface area (Å²) in [5.74, 6) is 3.64. The van der Waals surface area contributed by atoms with Gasteiger partial charge in [-0.15, -0.1) is 0 Å². The minimum Gasteiger partial charge on any atom is -0.455 e. The quantitative estimate of drug-likeness (QED) is 0.0528. The summed E-state index contributed by atoms with van der Waals surface area (Å²) in [5, 5.41) is 0. The van der Waals surface area contributed by atoms with Gasteiger partial charge in [0.25, 0.3) is 0 Å². The van der Waals surface area contributed by atoms with Crippen LogP contribution in [0, 0.1) is 39.9 Å². The maximum atomic E-state index is 6.77. The van der Waals surface area contributed by atoms with Gasteiger partial charge in [-0.3, -0.25) is 0 Å². The normalized spacial score (nSPS) is 12.5. The average Bonchev–Trinajstić information content (AvgIpc) is 3.22. The molecule has 0 aromatic rings. The van der Waals surface area contributed by atoms with Crippen LogP contribution in [0.3, 0.4) is 0 Å². The molecule has 0 heterocycles.